The van der Waals surface area contributed by atoms with Crippen LogP contribution in [0.3, 0.4) is 0 Å². The van der Waals surface area contributed by atoms with Gasteiger partial charge in [-0.05, 0) is 30.7 Å². The van der Waals surface area contributed by atoms with Gasteiger partial charge in [-0.1, -0.05) is 19.8 Å². The van der Waals surface area contributed by atoms with E-state index in [0.29, 0.717) is 31.5 Å². The van der Waals surface area contributed by atoms with Crippen molar-refractivity contribution in [2.24, 2.45) is 10.4 Å². The molecule has 1 aromatic rings. The quantitative estimate of drug-likeness (QED) is 0.320. The number of carbonyl (C=O) groups excluding carboxylic acids is 1. The zero-order valence-corrected chi connectivity index (χ0v) is 20.6. The van der Waals surface area contributed by atoms with Crippen molar-refractivity contribution in [2.75, 3.05) is 51.2 Å². The van der Waals surface area contributed by atoms with Crippen molar-refractivity contribution in [3.63, 3.8) is 0 Å². The van der Waals surface area contributed by atoms with Gasteiger partial charge in [-0.3, -0.25) is 9.79 Å². The van der Waals surface area contributed by atoms with Gasteiger partial charge >= 0.3 is 0 Å². The van der Waals surface area contributed by atoms with Crippen LogP contribution in [0.2, 0.25) is 0 Å². The topological polar surface area (TPSA) is 85.8 Å². The first-order chi connectivity index (χ1) is 14.2. The summed E-state index contributed by atoms with van der Waals surface area (Å²) < 4.78 is 0. The molecule has 2 fully saturated rings. The van der Waals surface area contributed by atoms with E-state index in [1.165, 1.54) is 32.1 Å². The predicted molar refractivity (Wildman–Crippen MR) is 131 cm³/mol. The Balaban J connectivity index is 0.00000320. The van der Waals surface area contributed by atoms with Crippen molar-refractivity contribution in [3.05, 3.63) is 18.5 Å². The summed E-state index contributed by atoms with van der Waals surface area (Å²) in [5, 5.41) is 6.77. The van der Waals surface area contributed by atoms with Gasteiger partial charge in [0, 0.05) is 65.1 Å². The number of guanidine groups is 1. The van der Waals surface area contributed by atoms with E-state index in [1.807, 2.05) is 11.0 Å². The molecule has 1 aliphatic carbocycles. The van der Waals surface area contributed by atoms with Crippen molar-refractivity contribution in [2.45, 2.75) is 45.4 Å². The third-order valence-electron chi connectivity index (χ3n) is 6.37. The third-order valence-corrected chi connectivity index (χ3v) is 6.37. The molecule has 168 valence electrons. The number of rotatable bonds is 7. The first-order valence-electron chi connectivity index (χ1n) is 10.9. The fraction of sp³-hybridized carbons (Fsp3) is 0.714. The van der Waals surface area contributed by atoms with Crippen LogP contribution in [0, 0.1) is 5.41 Å². The highest BCUT2D eigenvalue weighted by Crippen LogP contribution is 2.40. The lowest BCUT2D eigenvalue weighted by molar-refractivity contribution is -0.131. The Morgan fingerprint density at radius 2 is 1.80 bits per heavy atom. The molecule has 2 heterocycles. The smallest absolute Gasteiger partial charge is 0.225 e. The van der Waals surface area contributed by atoms with Crippen LogP contribution in [-0.4, -0.2) is 73.1 Å². The minimum atomic E-state index is 0. The highest BCUT2D eigenvalue weighted by Gasteiger charge is 2.31. The number of anilines is 1. The van der Waals surface area contributed by atoms with E-state index < -0.39 is 0 Å². The fourth-order valence-corrected chi connectivity index (χ4v) is 4.33. The second-order valence-corrected chi connectivity index (χ2v) is 8.08. The number of nitrogens with one attached hydrogen (secondary N) is 2. The molecular formula is C21H36IN7O. The molecule has 1 saturated heterocycles. The molecule has 8 nitrogen and oxygen atoms in total. The number of amides is 1. The molecule has 0 spiro atoms. The van der Waals surface area contributed by atoms with E-state index in [9.17, 15) is 4.79 Å². The lowest BCUT2D eigenvalue weighted by Crippen LogP contribution is -2.50. The lowest BCUT2D eigenvalue weighted by atomic mass is 9.83. The number of aromatic nitrogens is 2. The van der Waals surface area contributed by atoms with Gasteiger partial charge in [0.2, 0.25) is 11.9 Å². The molecule has 2 aliphatic rings. The minimum absolute atomic E-state index is 0. The Morgan fingerprint density at radius 1 is 1.13 bits per heavy atom. The van der Waals surface area contributed by atoms with Crippen LogP contribution < -0.4 is 15.5 Å². The maximum absolute atomic E-state index is 12.6. The summed E-state index contributed by atoms with van der Waals surface area (Å²) in [7, 11) is 1.79. The highest BCUT2D eigenvalue weighted by atomic mass is 127. The Kier molecular flexibility index (Phi) is 10.1. The van der Waals surface area contributed by atoms with Gasteiger partial charge in [-0.25, -0.2) is 9.97 Å². The van der Waals surface area contributed by atoms with Gasteiger partial charge in [0.05, 0.1) is 0 Å². The summed E-state index contributed by atoms with van der Waals surface area (Å²) in [5.41, 5.74) is 0.412. The second-order valence-electron chi connectivity index (χ2n) is 8.08. The predicted octanol–water partition coefficient (Wildman–Crippen LogP) is 2.27. The lowest BCUT2D eigenvalue weighted by Gasteiger charge is -2.34. The molecule has 1 saturated carbocycles. The van der Waals surface area contributed by atoms with Gasteiger partial charge < -0.3 is 20.4 Å². The molecule has 0 atom stereocenters. The van der Waals surface area contributed by atoms with Crippen LogP contribution in [0.25, 0.3) is 0 Å². The monoisotopic (exact) mass is 529 g/mol. The minimum Gasteiger partial charge on any atom is -0.356 e. The second kappa shape index (κ2) is 12.3. The summed E-state index contributed by atoms with van der Waals surface area (Å²) in [6.45, 7) is 6.80. The Bertz CT molecular complexity index is 671. The van der Waals surface area contributed by atoms with Crippen LogP contribution in [0.5, 0.6) is 0 Å². The number of piperazine rings is 1. The summed E-state index contributed by atoms with van der Waals surface area (Å²) in [4.78, 5) is 29.5. The van der Waals surface area contributed by atoms with E-state index in [1.54, 1.807) is 19.4 Å². The normalized spacial score (nSPS) is 18.7. The van der Waals surface area contributed by atoms with Crippen molar-refractivity contribution in [1.29, 1.82) is 0 Å². The molecule has 3 rings (SSSR count). The highest BCUT2D eigenvalue weighted by molar-refractivity contribution is 14.0. The fourth-order valence-electron chi connectivity index (χ4n) is 4.33. The summed E-state index contributed by atoms with van der Waals surface area (Å²) in [5.74, 6) is 1.72. The zero-order valence-electron chi connectivity index (χ0n) is 18.3. The average molecular weight is 529 g/mol. The van der Waals surface area contributed by atoms with E-state index in [2.05, 4.69) is 37.4 Å². The molecule has 1 amide bonds. The van der Waals surface area contributed by atoms with Crippen molar-refractivity contribution in [1.82, 2.24) is 25.5 Å². The maximum atomic E-state index is 12.6. The van der Waals surface area contributed by atoms with Crippen LogP contribution in [-0.2, 0) is 4.79 Å². The number of halogens is 1. The number of hydrogen-bond donors (Lipinski definition) is 2. The first-order valence-corrected chi connectivity index (χ1v) is 10.9. The SMILES string of the molecule is CCC1(CNC(=NC)NCCC(=O)N2CCN(c3ncccn3)CC2)CCCC1.I. The molecular weight excluding hydrogens is 493 g/mol. The number of hydrogen-bond acceptors (Lipinski definition) is 5. The molecule has 9 heteroatoms. The van der Waals surface area contributed by atoms with E-state index >= 15 is 0 Å². The van der Waals surface area contributed by atoms with Gasteiger partial charge in [-0.2, -0.15) is 0 Å². The molecule has 30 heavy (non-hydrogen) atoms. The molecule has 1 aromatic heterocycles. The van der Waals surface area contributed by atoms with Crippen LogP contribution in [0.15, 0.2) is 23.5 Å². The van der Waals surface area contributed by atoms with Crippen molar-refractivity contribution >= 4 is 41.8 Å². The molecule has 0 bridgehead atoms. The van der Waals surface area contributed by atoms with Crippen LogP contribution >= 0.6 is 24.0 Å². The summed E-state index contributed by atoms with van der Waals surface area (Å²) >= 11 is 0. The van der Waals surface area contributed by atoms with Crippen molar-refractivity contribution in [3.8, 4) is 0 Å². The summed E-state index contributed by atoms with van der Waals surface area (Å²) in [6, 6.07) is 1.81. The van der Waals surface area contributed by atoms with Gasteiger partial charge in [0.15, 0.2) is 5.96 Å². The van der Waals surface area contributed by atoms with E-state index in [4.69, 9.17) is 0 Å². The average Bonchev–Trinajstić information content (AvgIpc) is 3.26. The number of aliphatic imine (C=N–C) groups is 1. The molecule has 2 N–H and O–H groups in total. The summed E-state index contributed by atoms with van der Waals surface area (Å²) in [6.07, 6.45) is 10.4. The van der Waals surface area contributed by atoms with Crippen LogP contribution in [0.4, 0.5) is 5.95 Å². The number of carbonyl (C=O) groups is 1. The van der Waals surface area contributed by atoms with Gasteiger partial charge in [-0.15, -0.1) is 24.0 Å². The third kappa shape index (κ3) is 6.68. The zero-order chi connectivity index (χ0) is 20.5. The first kappa shape index (κ1) is 24.6. The molecule has 0 radical (unpaired) electrons. The van der Waals surface area contributed by atoms with E-state index in [0.717, 1.165) is 31.5 Å². The Labute approximate surface area is 197 Å². The standard InChI is InChI=1S/C21H35N7O.HI/c1-3-21(8-4-5-9-21)17-26-19(22-2)23-12-7-18(29)27-13-15-28(16-14-27)20-24-10-6-11-25-20;/h6,10-11H,3-5,7-9,12-17H2,1-2H3,(H2,22,23,26);1H. The van der Waals surface area contributed by atoms with E-state index in [-0.39, 0.29) is 29.9 Å². The number of nitrogens with zero attached hydrogens (tertiary/aromatic N) is 5. The molecule has 0 unspecified atom stereocenters. The molecule has 1 aliphatic heterocycles. The molecule has 0 aromatic carbocycles. The largest absolute Gasteiger partial charge is 0.356 e. The Hall–Kier alpha value is -1.65. The van der Waals surface area contributed by atoms with Gasteiger partial charge in [0.25, 0.3) is 0 Å². The maximum Gasteiger partial charge on any atom is 0.225 e. The Morgan fingerprint density at radius 3 is 2.40 bits per heavy atom. The van der Waals surface area contributed by atoms with Crippen LogP contribution in [0.1, 0.15) is 45.4 Å². The van der Waals surface area contributed by atoms with Gasteiger partial charge in [0.1, 0.15) is 0 Å². The van der Waals surface area contributed by atoms with Crippen molar-refractivity contribution < 1.29 is 4.79 Å².